The molecule has 6 heteroatoms. The lowest BCUT2D eigenvalue weighted by atomic mass is 10.0. The molecule has 1 aromatic rings. The van der Waals surface area contributed by atoms with Crippen LogP contribution in [0.25, 0.3) is 0 Å². The van der Waals surface area contributed by atoms with Gasteiger partial charge in [0.05, 0.1) is 16.3 Å². The summed E-state index contributed by atoms with van der Waals surface area (Å²) in [7, 11) is -3.41. The van der Waals surface area contributed by atoms with E-state index >= 15 is 0 Å². The van der Waals surface area contributed by atoms with Gasteiger partial charge < -0.3 is 5.73 Å². The van der Waals surface area contributed by atoms with Gasteiger partial charge in [-0.1, -0.05) is 49.5 Å². The van der Waals surface area contributed by atoms with Crippen molar-refractivity contribution in [3.63, 3.8) is 0 Å². The number of sulfonamides is 1. The smallest absolute Gasteiger partial charge is 0.212 e. The van der Waals surface area contributed by atoms with Crippen LogP contribution in [0.4, 0.5) is 0 Å². The molecule has 1 aromatic carbocycles. The van der Waals surface area contributed by atoms with E-state index in [0.29, 0.717) is 12.8 Å². The number of benzene rings is 1. The molecule has 0 aliphatic heterocycles. The number of hydrogen-bond donors (Lipinski definition) is 2. The van der Waals surface area contributed by atoms with Crippen LogP contribution in [0.5, 0.6) is 0 Å². The average Bonchev–Trinajstić information content (AvgIpc) is 2.37. The number of rotatable bonds is 7. The molecular formula is C13H20N2O2S2. The summed E-state index contributed by atoms with van der Waals surface area (Å²) in [5.41, 5.74) is 5.73. The Hall–Kier alpha value is -0.980. The first-order chi connectivity index (χ1) is 8.79. The summed E-state index contributed by atoms with van der Waals surface area (Å²) < 4.78 is 26.7. The molecule has 0 fully saturated rings. The van der Waals surface area contributed by atoms with Gasteiger partial charge in [0, 0.05) is 0 Å². The molecule has 0 spiro atoms. The van der Waals surface area contributed by atoms with E-state index in [1.807, 2.05) is 37.3 Å². The minimum atomic E-state index is -3.41. The van der Waals surface area contributed by atoms with Gasteiger partial charge >= 0.3 is 0 Å². The van der Waals surface area contributed by atoms with Crippen molar-refractivity contribution in [2.75, 3.05) is 5.75 Å². The minimum Gasteiger partial charge on any atom is -0.392 e. The molecule has 4 nitrogen and oxygen atoms in total. The van der Waals surface area contributed by atoms with Crippen LogP contribution in [0.1, 0.15) is 25.8 Å². The highest BCUT2D eigenvalue weighted by atomic mass is 32.2. The maximum absolute atomic E-state index is 12.1. The fourth-order valence-electron chi connectivity index (χ4n) is 1.59. The summed E-state index contributed by atoms with van der Waals surface area (Å²) in [5.74, 6) is 0.0230. The fourth-order valence-corrected chi connectivity index (χ4v) is 3.40. The zero-order valence-corrected chi connectivity index (χ0v) is 12.9. The summed E-state index contributed by atoms with van der Waals surface area (Å²) in [6, 6.07) is 9.49. The van der Waals surface area contributed by atoms with Crippen molar-refractivity contribution in [1.29, 1.82) is 0 Å². The standard InChI is InChI=1S/C13H20N2O2S2/c1-3-13(2,12(14)18)15-19(16,17)10-9-11-7-5-4-6-8-11/h4-8,15H,3,9-10H2,1-2H3,(H2,14,18). The van der Waals surface area contributed by atoms with Crippen molar-refractivity contribution in [2.45, 2.75) is 32.2 Å². The molecule has 1 unspecified atom stereocenters. The number of thiocarbonyl (C=S) groups is 1. The van der Waals surface area contributed by atoms with Crippen molar-refractivity contribution in [3.05, 3.63) is 35.9 Å². The van der Waals surface area contributed by atoms with E-state index in [1.54, 1.807) is 6.92 Å². The second kappa shape index (κ2) is 6.45. The molecule has 0 heterocycles. The first kappa shape index (κ1) is 16.1. The molecule has 1 atom stereocenters. The van der Waals surface area contributed by atoms with Crippen LogP contribution in [0, 0.1) is 0 Å². The van der Waals surface area contributed by atoms with Gasteiger partial charge in [-0.2, -0.15) is 0 Å². The van der Waals surface area contributed by atoms with Gasteiger partial charge in [0.15, 0.2) is 0 Å². The van der Waals surface area contributed by atoms with Gasteiger partial charge in [0.2, 0.25) is 10.0 Å². The monoisotopic (exact) mass is 300 g/mol. The van der Waals surface area contributed by atoms with Crippen LogP contribution in [0.15, 0.2) is 30.3 Å². The number of nitrogens with two attached hydrogens (primary N) is 1. The Morgan fingerprint density at radius 3 is 2.42 bits per heavy atom. The van der Waals surface area contributed by atoms with Crippen LogP contribution < -0.4 is 10.5 Å². The van der Waals surface area contributed by atoms with Crippen LogP contribution >= 0.6 is 12.2 Å². The first-order valence-electron chi connectivity index (χ1n) is 6.14. The molecule has 106 valence electrons. The zero-order chi connectivity index (χ0) is 14.5. The molecular weight excluding hydrogens is 280 g/mol. The van der Waals surface area contributed by atoms with Crippen LogP contribution in [0.3, 0.4) is 0 Å². The molecule has 0 saturated heterocycles. The Morgan fingerprint density at radius 1 is 1.37 bits per heavy atom. The lowest BCUT2D eigenvalue weighted by molar-refractivity contribution is 0.511. The van der Waals surface area contributed by atoms with Crippen molar-refractivity contribution >= 4 is 27.2 Å². The normalized spacial score (nSPS) is 14.8. The topological polar surface area (TPSA) is 72.2 Å². The number of hydrogen-bond acceptors (Lipinski definition) is 3. The maximum atomic E-state index is 12.1. The Labute approximate surface area is 120 Å². The summed E-state index contributed by atoms with van der Waals surface area (Å²) >= 11 is 4.93. The van der Waals surface area contributed by atoms with Crippen LogP contribution in [0.2, 0.25) is 0 Å². The van der Waals surface area contributed by atoms with Gasteiger partial charge in [-0.25, -0.2) is 13.1 Å². The van der Waals surface area contributed by atoms with Gasteiger partial charge in [0.1, 0.15) is 0 Å². The SMILES string of the molecule is CCC(C)(NS(=O)(=O)CCc1ccccc1)C(N)=S. The van der Waals surface area contributed by atoms with Crippen molar-refractivity contribution in [3.8, 4) is 0 Å². The molecule has 0 aliphatic carbocycles. The molecule has 0 aromatic heterocycles. The second-order valence-electron chi connectivity index (χ2n) is 4.71. The predicted octanol–water partition coefficient (Wildman–Crippen LogP) is 1.60. The molecule has 0 amide bonds. The summed E-state index contributed by atoms with van der Waals surface area (Å²) in [6.07, 6.45) is 0.986. The summed E-state index contributed by atoms with van der Waals surface area (Å²) in [5, 5.41) is 0. The third-order valence-electron chi connectivity index (χ3n) is 3.13. The Kier molecular flexibility index (Phi) is 5.46. The average molecular weight is 300 g/mol. The lowest BCUT2D eigenvalue weighted by Gasteiger charge is -2.27. The molecule has 0 saturated carbocycles. The highest BCUT2D eigenvalue weighted by molar-refractivity contribution is 7.89. The first-order valence-corrected chi connectivity index (χ1v) is 8.20. The zero-order valence-electron chi connectivity index (χ0n) is 11.2. The van der Waals surface area contributed by atoms with Crippen LogP contribution in [-0.2, 0) is 16.4 Å². The third-order valence-corrected chi connectivity index (χ3v) is 5.09. The Bertz CT molecular complexity index is 529. The molecule has 0 radical (unpaired) electrons. The highest BCUT2D eigenvalue weighted by Crippen LogP contribution is 2.12. The number of aryl methyl sites for hydroxylation is 1. The van der Waals surface area contributed by atoms with E-state index in [0.717, 1.165) is 5.56 Å². The van der Waals surface area contributed by atoms with E-state index in [2.05, 4.69) is 4.72 Å². The third kappa shape index (κ3) is 4.89. The van der Waals surface area contributed by atoms with Gasteiger partial charge in [-0.15, -0.1) is 0 Å². The van der Waals surface area contributed by atoms with E-state index in [1.165, 1.54) is 0 Å². The van der Waals surface area contributed by atoms with E-state index < -0.39 is 15.6 Å². The Balaban J connectivity index is 2.69. The molecule has 19 heavy (non-hydrogen) atoms. The summed E-state index contributed by atoms with van der Waals surface area (Å²) in [6.45, 7) is 3.55. The summed E-state index contributed by atoms with van der Waals surface area (Å²) in [4.78, 5) is 0.165. The molecule has 0 aliphatic rings. The quantitative estimate of drug-likeness (QED) is 0.750. The largest absolute Gasteiger partial charge is 0.392 e. The van der Waals surface area contributed by atoms with Gasteiger partial charge in [-0.05, 0) is 25.3 Å². The minimum absolute atomic E-state index is 0.0230. The van der Waals surface area contributed by atoms with Crippen LogP contribution in [-0.4, -0.2) is 24.7 Å². The molecule has 3 N–H and O–H groups in total. The lowest BCUT2D eigenvalue weighted by Crippen LogP contribution is -2.54. The van der Waals surface area contributed by atoms with Gasteiger partial charge in [0.25, 0.3) is 0 Å². The van der Waals surface area contributed by atoms with E-state index in [9.17, 15) is 8.42 Å². The highest BCUT2D eigenvalue weighted by Gasteiger charge is 2.30. The molecule has 1 rings (SSSR count). The predicted molar refractivity (Wildman–Crippen MR) is 82.5 cm³/mol. The van der Waals surface area contributed by atoms with E-state index in [4.69, 9.17) is 18.0 Å². The van der Waals surface area contributed by atoms with Gasteiger partial charge in [-0.3, -0.25) is 0 Å². The van der Waals surface area contributed by atoms with Crippen molar-refractivity contribution in [2.24, 2.45) is 5.73 Å². The Morgan fingerprint density at radius 2 is 1.95 bits per heavy atom. The maximum Gasteiger partial charge on any atom is 0.212 e. The van der Waals surface area contributed by atoms with Crippen molar-refractivity contribution in [1.82, 2.24) is 4.72 Å². The van der Waals surface area contributed by atoms with Crippen molar-refractivity contribution < 1.29 is 8.42 Å². The van der Waals surface area contributed by atoms with E-state index in [-0.39, 0.29) is 10.7 Å². The second-order valence-corrected chi connectivity index (χ2v) is 6.99. The molecule has 0 bridgehead atoms. The number of nitrogens with one attached hydrogen (secondary N) is 1. The fraction of sp³-hybridized carbons (Fsp3) is 0.462.